The Kier molecular flexibility index (Phi) is 6.08. The molecule has 1 aliphatic carbocycles. The molecule has 0 saturated heterocycles. The third-order valence-electron chi connectivity index (χ3n) is 4.61. The van der Waals surface area contributed by atoms with Crippen molar-refractivity contribution in [3.63, 3.8) is 0 Å². The Balaban J connectivity index is 1.80. The van der Waals surface area contributed by atoms with Crippen LogP contribution in [0.15, 0.2) is 22.7 Å². The lowest BCUT2D eigenvalue weighted by atomic mass is 9.78. The summed E-state index contributed by atoms with van der Waals surface area (Å²) in [7, 11) is 1.67. The molecule has 2 N–H and O–H groups in total. The fraction of sp³-hybridized carbons (Fsp3) is 0.647. The molecule has 0 aromatic heterocycles. The molecule has 0 aliphatic heterocycles. The fourth-order valence-corrected chi connectivity index (χ4v) is 3.65. The van der Waals surface area contributed by atoms with Gasteiger partial charge in [-0.2, -0.15) is 0 Å². The quantitative estimate of drug-likeness (QED) is 0.813. The Morgan fingerprint density at radius 3 is 2.67 bits per heavy atom. The van der Waals surface area contributed by atoms with Gasteiger partial charge in [0.1, 0.15) is 5.75 Å². The molecule has 0 bridgehead atoms. The van der Waals surface area contributed by atoms with Crippen molar-refractivity contribution >= 4 is 15.9 Å². The summed E-state index contributed by atoms with van der Waals surface area (Å²) in [6.07, 6.45) is 5.39. The largest absolute Gasteiger partial charge is 0.496 e. The van der Waals surface area contributed by atoms with Gasteiger partial charge in [0.2, 0.25) is 0 Å². The van der Waals surface area contributed by atoms with Crippen LogP contribution in [0.5, 0.6) is 5.75 Å². The first-order valence-corrected chi connectivity index (χ1v) is 8.61. The van der Waals surface area contributed by atoms with Crippen molar-refractivity contribution in [2.24, 2.45) is 5.92 Å². The molecule has 0 amide bonds. The second-order valence-electron chi connectivity index (χ2n) is 6.15. The minimum Gasteiger partial charge on any atom is -0.496 e. The van der Waals surface area contributed by atoms with Gasteiger partial charge in [-0.05, 0) is 65.2 Å². The van der Waals surface area contributed by atoms with Crippen LogP contribution in [-0.2, 0) is 6.54 Å². The summed E-state index contributed by atoms with van der Waals surface area (Å²) in [6.45, 7) is 3.68. The highest BCUT2D eigenvalue weighted by molar-refractivity contribution is 9.10. The molecule has 0 unspecified atom stereocenters. The van der Waals surface area contributed by atoms with Crippen LogP contribution in [0, 0.1) is 5.92 Å². The molecule has 0 spiro atoms. The summed E-state index contributed by atoms with van der Waals surface area (Å²) in [5.41, 5.74) is 0.670. The number of hydrogen-bond acceptors (Lipinski definition) is 3. The molecule has 0 atom stereocenters. The second-order valence-corrected chi connectivity index (χ2v) is 7.00. The number of halogens is 1. The summed E-state index contributed by atoms with van der Waals surface area (Å²) in [5.74, 6) is 1.65. The smallest absolute Gasteiger partial charge is 0.133 e. The highest BCUT2D eigenvalue weighted by atomic mass is 79.9. The van der Waals surface area contributed by atoms with E-state index in [1.165, 1.54) is 12.0 Å². The van der Waals surface area contributed by atoms with Gasteiger partial charge in [-0.25, -0.2) is 0 Å². The lowest BCUT2D eigenvalue weighted by molar-refractivity contribution is -0.00881. The highest BCUT2D eigenvalue weighted by Crippen LogP contribution is 2.33. The molecule has 3 nitrogen and oxygen atoms in total. The minimum atomic E-state index is -0.518. The molecule has 118 valence electrons. The van der Waals surface area contributed by atoms with E-state index < -0.39 is 5.60 Å². The minimum absolute atomic E-state index is 0.518. The number of ether oxygens (including phenoxy) is 1. The average Bonchev–Trinajstić information content (AvgIpc) is 2.48. The van der Waals surface area contributed by atoms with Gasteiger partial charge in [0.15, 0.2) is 0 Å². The second kappa shape index (κ2) is 7.61. The van der Waals surface area contributed by atoms with E-state index in [4.69, 9.17) is 4.74 Å². The molecule has 1 aliphatic rings. The summed E-state index contributed by atoms with van der Waals surface area (Å²) >= 11 is 3.50. The standard InChI is InChI=1S/C17H26BrNO2/c1-3-13-6-8-17(20,9-7-13)12-19-11-14-4-5-16(21-2)15(18)10-14/h4-5,10,13,19-20H,3,6-9,11-12H2,1-2H3. The van der Waals surface area contributed by atoms with E-state index in [-0.39, 0.29) is 0 Å². The van der Waals surface area contributed by atoms with Crippen molar-refractivity contribution in [3.8, 4) is 5.75 Å². The monoisotopic (exact) mass is 355 g/mol. The fourth-order valence-electron chi connectivity index (χ4n) is 3.06. The molecule has 0 heterocycles. The Hall–Kier alpha value is -0.580. The zero-order valence-electron chi connectivity index (χ0n) is 13.0. The van der Waals surface area contributed by atoms with Crippen molar-refractivity contribution in [2.45, 2.75) is 51.2 Å². The molecular formula is C17H26BrNO2. The van der Waals surface area contributed by atoms with E-state index in [9.17, 15) is 5.11 Å². The van der Waals surface area contributed by atoms with Crippen molar-refractivity contribution < 1.29 is 9.84 Å². The summed E-state index contributed by atoms with van der Waals surface area (Å²) < 4.78 is 6.19. The predicted octanol–water partition coefficient (Wildman–Crippen LogP) is 3.88. The van der Waals surface area contributed by atoms with E-state index in [0.29, 0.717) is 6.54 Å². The lowest BCUT2D eigenvalue weighted by Gasteiger charge is -2.36. The summed E-state index contributed by atoms with van der Waals surface area (Å²) in [4.78, 5) is 0. The van der Waals surface area contributed by atoms with Gasteiger partial charge in [-0.15, -0.1) is 0 Å². The van der Waals surface area contributed by atoms with E-state index in [2.05, 4.69) is 40.3 Å². The number of rotatable bonds is 6. The Morgan fingerprint density at radius 2 is 2.10 bits per heavy atom. The zero-order valence-corrected chi connectivity index (χ0v) is 14.6. The Morgan fingerprint density at radius 1 is 1.38 bits per heavy atom. The van der Waals surface area contributed by atoms with Gasteiger partial charge in [0, 0.05) is 13.1 Å². The van der Waals surface area contributed by atoms with E-state index in [1.807, 2.05) is 6.07 Å². The van der Waals surface area contributed by atoms with Crippen LogP contribution in [0.1, 0.15) is 44.6 Å². The van der Waals surface area contributed by atoms with Crippen LogP contribution in [0.25, 0.3) is 0 Å². The first-order valence-electron chi connectivity index (χ1n) is 7.82. The third kappa shape index (κ3) is 4.70. The number of nitrogens with one attached hydrogen (secondary N) is 1. The number of hydrogen-bond donors (Lipinski definition) is 2. The van der Waals surface area contributed by atoms with Crippen LogP contribution >= 0.6 is 15.9 Å². The molecule has 2 rings (SSSR count). The predicted molar refractivity (Wildman–Crippen MR) is 89.6 cm³/mol. The molecule has 1 aromatic rings. The number of methoxy groups -OCH3 is 1. The molecule has 0 radical (unpaired) electrons. The molecule has 4 heteroatoms. The number of aliphatic hydroxyl groups is 1. The maximum Gasteiger partial charge on any atom is 0.133 e. The third-order valence-corrected chi connectivity index (χ3v) is 5.23. The van der Waals surface area contributed by atoms with Gasteiger partial charge in [0.05, 0.1) is 17.2 Å². The lowest BCUT2D eigenvalue weighted by Crippen LogP contribution is -2.43. The van der Waals surface area contributed by atoms with Gasteiger partial charge in [0.25, 0.3) is 0 Å². The van der Waals surface area contributed by atoms with Crippen LogP contribution in [-0.4, -0.2) is 24.4 Å². The molecule has 1 fully saturated rings. The van der Waals surface area contributed by atoms with Crippen molar-refractivity contribution in [2.75, 3.05) is 13.7 Å². The molecule has 1 aromatic carbocycles. The maximum atomic E-state index is 10.6. The molecular weight excluding hydrogens is 330 g/mol. The zero-order chi connectivity index (χ0) is 15.3. The van der Waals surface area contributed by atoms with Gasteiger partial charge in [-0.3, -0.25) is 0 Å². The topological polar surface area (TPSA) is 41.5 Å². The van der Waals surface area contributed by atoms with E-state index >= 15 is 0 Å². The number of benzene rings is 1. The van der Waals surface area contributed by atoms with Crippen molar-refractivity contribution in [1.82, 2.24) is 5.32 Å². The van der Waals surface area contributed by atoms with Gasteiger partial charge in [-0.1, -0.05) is 19.4 Å². The van der Waals surface area contributed by atoms with E-state index in [1.54, 1.807) is 7.11 Å². The van der Waals surface area contributed by atoms with E-state index in [0.717, 1.165) is 48.4 Å². The SMILES string of the molecule is CCC1CCC(O)(CNCc2ccc(OC)c(Br)c2)CC1. The van der Waals surface area contributed by atoms with Crippen LogP contribution in [0.3, 0.4) is 0 Å². The normalized spacial score (nSPS) is 25.8. The van der Waals surface area contributed by atoms with Crippen molar-refractivity contribution in [3.05, 3.63) is 28.2 Å². The highest BCUT2D eigenvalue weighted by Gasteiger charge is 2.31. The molecule has 1 saturated carbocycles. The first-order chi connectivity index (χ1) is 10.1. The van der Waals surface area contributed by atoms with Crippen LogP contribution in [0.4, 0.5) is 0 Å². The molecule has 21 heavy (non-hydrogen) atoms. The van der Waals surface area contributed by atoms with Crippen molar-refractivity contribution in [1.29, 1.82) is 0 Å². The Labute approximate surface area is 136 Å². The van der Waals surface area contributed by atoms with Gasteiger partial charge >= 0.3 is 0 Å². The average molecular weight is 356 g/mol. The summed E-state index contributed by atoms with van der Waals surface area (Å²) in [5, 5.41) is 14.0. The first kappa shape index (κ1) is 16.8. The summed E-state index contributed by atoms with van der Waals surface area (Å²) in [6, 6.07) is 6.07. The maximum absolute atomic E-state index is 10.6. The van der Waals surface area contributed by atoms with Gasteiger partial charge < -0.3 is 15.2 Å². The van der Waals surface area contributed by atoms with Crippen LogP contribution < -0.4 is 10.1 Å². The Bertz CT molecular complexity index is 456. The van der Waals surface area contributed by atoms with Crippen LogP contribution in [0.2, 0.25) is 0 Å².